The average molecular weight is 473 g/mol. The predicted molar refractivity (Wildman–Crippen MR) is 144 cm³/mol. The molecule has 35 heavy (non-hydrogen) atoms. The number of rotatable bonds is 10. The number of ether oxygens (including phenoxy) is 2. The van der Waals surface area contributed by atoms with E-state index >= 15 is 0 Å². The van der Waals surface area contributed by atoms with Crippen LogP contribution in [0.15, 0.2) is 72.8 Å². The minimum Gasteiger partial charge on any atom is -0.496 e. The molecule has 1 atom stereocenters. The third-order valence-corrected chi connectivity index (χ3v) is 7.05. The van der Waals surface area contributed by atoms with Gasteiger partial charge in [-0.05, 0) is 47.7 Å². The summed E-state index contributed by atoms with van der Waals surface area (Å²) < 4.78 is 12.3. The van der Waals surface area contributed by atoms with Crippen LogP contribution in [0.4, 0.5) is 0 Å². The molecule has 0 radical (unpaired) electrons. The topological polar surface area (TPSA) is 24.9 Å². The second-order valence-electron chi connectivity index (χ2n) is 9.91. The Kier molecular flexibility index (Phi) is 8.84. The van der Waals surface area contributed by atoms with Gasteiger partial charge in [-0.3, -0.25) is 4.90 Å². The summed E-state index contributed by atoms with van der Waals surface area (Å²) in [7, 11) is 1.74. The Morgan fingerprint density at radius 3 is 2.17 bits per heavy atom. The van der Waals surface area contributed by atoms with Gasteiger partial charge in [0.1, 0.15) is 17.6 Å². The molecule has 1 fully saturated rings. The predicted octanol–water partition coefficient (Wildman–Crippen LogP) is 6.46. The molecule has 3 aromatic rings. The van der Waals surface area contributed by atoms with E-state index < -0.39 is 0 Å². The molecular weight excluding hydrogens is 432 g/mol. The van der Waals surface area contributed by atoms with E-state index in [1.807, 2.05) is 12.1 Å². The molecular formula is C31H40N2O2. The zero-order valence-corrected chi connectivity index (χ0v) is 21.7. The number of hydrogen-bond acceptors (Lipinski definition) is 4. The number of para-hydroxylation sites is 1. The average Bonchev–Trinajstić information content (AvgIpc) is 2.88. The van der Waals surface area contributed by atoms with Gasteiger partial charge in [0.2, 0.25) is 0 Å². The summed E-state index contributed by atoms with van der Waals surface area (Å²) in [6.45, 7) is 13.1. The molecule has 0 saturated carbocycles. The van der Waals surface area contributed by atoms with Gasteiger partial charge in [0.25, 0.3) is 0 Å². The molecule has 1 saturated heterocycles. The van der Waals surface area contributed by atoms with Crippen LogP contribution in [0.1, 0.15) is 54.5 Å². The standard InChI is InChI=1S/C31H40N2O2/c1-24(2)28-15-14-27(22-25(28)3)35-31(29-12-8-9-13-30(29)34-4)16-17-32-18-20-33(21-19-32)23-26-10-6-5-7-11-26/h5-15,22,24,31H,16-21,23H2,1-4H3/t31-/m1/s1. The van der Waals surface area contributed by atoms with Crippen LogP contribution in [0, 0.1) is 6.92 Å². The first-order chi connectivity index (χ1) is 17.0. The number of nitrogens with zero attached hydrogens (tertiary/aromatic N) is 2. The Bertz CT molecular complexity index is 1060. The Labute approximate surface area is 211 Å². The summed E-state index contributed by atoms with van der Waals surface area (Å²) in [6, 6.07) is 25.5. The quantitative estimate of drug-likeness (QED) is 0.338. The van der Waals surface area contributed by atoms with Crippen molar-refractivity contribution in [3.05, 3.63) is 95.1 Å². The summed E-state index contributed by atoms with van der Waals surface area (Å²) >= 11 is 0. The van der Waals surface area contributed by atoms with Gasteiger partial charge < -0.3 is 14.4 Å². The van der Waals surface area contributed by atoms with Crippen LogP contribution >= 0.6 is 0 Å². The highest BCUT2D eigenvalue weighted by Crippen LogP contribution is 2.33. The van der Waals surface area contributed by atoms with Crippen molar-refractivity contribution < 1.29 is 9.47 Å². The summed E-state index contributed by atoms with van der Waals surface area (Å²) in [6.07, 6.45) is 0.863. The molecule has 186 valence electrons. The van der Waals surface area contributed by atoms with Crippen molar-refractivity contribution in [1.29, 1.82) is 0 Å². The van der Waals surface area contributed by atoms with Crippen molar-refractivity contribution in [2.75, 3.05) is 39.8 Å². The molecule has 0 amide bonds. The maximum absolute atomic E-state index is 6.63. The third-order valence-electron chi connectivity index (χ3n) is 7.05. The molecule has 0 N–H and O–H groups in total. The number of hydrogen-bond donors (Lipinski definition) is 0. The zero-order valence-electron chi connectivity index (χ0n) is 21.7. The molecule has 0 spiro atoms. The Hall–Kier alpha value is -2.82. The van der Waals surface area contributed by atoms with Gasteiger partial charge in [0.05, 0.1) is 7.11 Å². The summed E-state index contributed by atoms with van der Waals surface area (Å²) in [5.41, 5.74) is 5.16. The van der Waals surface area contributed by atoms with Gasteiger partial charge in [-0.1, -0.05) is 68.4 Å². The van der Waals surface area contributed by atoms with Crippen LogP contribution in [0.3, 0.4) is 0 Å². The van der Waals surface area contributed by atoms with E-state index in [-0.39, 0.29) is 6.10 Å². The van der Waals surface area contributed by atoms with Crippen molar-refractivity contribution in [3.8, 4) is 11.5 Å². The third kappa shape index (κ3) is 6.87. The second kappa shape index (κ2) is 12.2. The summed E-state index contributed by atoms with van der Waals surface area (Å²) in [5, 5.41) is 0. The SMILES string of the molecule is COc1ccccc1[C@@H](CCN1CCN(Cc2ccccc2)CC1)Oc1ccc(C(C)C)c(C)c1. The number of methoxy groups -OCH3 is 1. The fourth-order valence-corrected chi connectivity index (χ4v) is 5.06. The van der Waals surface area contributed by atoms with Crippen LogP contribution < -0.4 is 9.47 Å². The molecule has 4 rings (SSSR count). The van der Waals surface area contributed by atoms with Crippen LogP contribution in [0.25, 0.3) is 0 Å². The lowest BCUT2D eigenvalue weighted by Crippen LogP contribution is -2.46. The first kappa shape index (κ1) is 25.3. The van der Waals surface area contributed by atoms with Crippen molar-refractivity contribution in [2.45, 2.75) is 45.8 Å². The van der Waals surface area contributed by atoms with E-state index in [0.717, 1.165) is 62.8 Å². The van der Waals surface area contributed by atoms with Crippen molar-refractivity contribution >= 4 is 0 Å². The van der Waals surface area contributed by atoms with Gasteiger partial charge >= 0.3 is 0 Å². The highest BCUT2D eigenvalue weighted by Gasteiger charge is 2.22. The van der Waals surface area contributed by atoms with E-state index in [0.29, 0.717) is 5.92 Å². The van der Waals surface area contributed by atoms with E-state index in [4.69, 9.17) is 9.47 Å². The first-order valence-electron chi connectivity index (χ1n) is 12.9. The molecule has 0 aromatic heterocycles. The fraction of sp³-hybridized carbons (Fsp3) is 0.419. The largest absolute Gasteiger partial charge is 0.496 e. The Morgan fingerprint density at radius 2 is 1.49 bits per heavy atom. The number of aryl methyl sites for hydroxylation is 1. The highest BCUT2D eigenvalue weighted by atomic mass is 16.5. The molecule has 4 heteroatoms. The maximum Gasteiger partial charge on any atom is 0.128 e. The Morgan fingerprint density at radius 1 is 0.800 bits per heavy atom. The smallest absolute Gasteiger partial charge is 0.128 e. The van der Waals surface area contributed by atoms with Gasteiger partial charge in [-0.2, -0.15) is 0 Å². The molecule has 4 nitrogen and oxygen atoms in total. The van der Waals surface area contributed by atoms with Crippen LogP contribution in [-0.2, 0) is 6.54 Å². The minimum absolute atomic E-state index is 0.0576. The lowest BCUT2D eigenvalue weighted by molar-refractivity contribution is 0.106. The van der Waals surface area contributed by atoms with Gasteiger partial charge in [0, 0.05) is 51.3 Å². The molecule has 0 unspecified atom stereocenters. The fourth-order valence-electron chi connectivity index (χ4n) is 5.06. The van der Waals surface area contributed by atoms with Crippen LogP contribution in [0.2, 0.25) is 0 Å². The second-order valence-corrected chi connectivity index (χ2v) is 9.91. The lowest BCUT2D eigenvalue weighted by atomic mass is 9.98. The van der Waals surface area contributed by atoms with Crippen molar-refractivity contribution in [2.24, 2.45) is 0 Å². The van der Waals surface area contributed by atoms with Crippen LogP contribution in [-0.4, -0.2) is 49.6 Å². The van der Waals surface area contributed by atoms with E-state index in [2.05, 4.69) is 91.2 Å². The van der Waals surface area contributed by atoms with E-state index in [9.17, 15) is 0 Å². The van der Waals surface area contributed by atoms with E-state index in [1.165, 1.54) is 16.7 Å². The maximum atomic E-state index is 6.63. The zero-order chi connectivity index (χ0) is 24.6. The minimum atomic E-state index is -0.0576. The normalized spacial score (nSPS) is 15.8. The Balaban J connectivity index is 1.40. The summed E-state index contributed by atoms with van der Waals surface area (Å²) in [5.74, 6) is 2.32. The highest BCUT2D eigenvalue weighted by molar-refractivity contribution is 5.39. The van der Waals surface area contributed by atoms with Gasteiger partial charge in [0.15, 0.2) is 0 Å². The summed E-state index contributed by atoms with van der Waals surface area (Å²) in [4.78, 5) is 5.12. The van der Waals surface area contributed by atoms with E-state index in [1.54, 1.807) is 7.11 Å². The molecule has 1 heterocycles. The van der Waals surface area contributed by atoms with Crippen molar-refractivity contribution in [3.63, 3.8) is 0 Å². The van der Waals surface area contributed by atoms with Gasteiger partial charge in [-0.15, -0.1) is 0 Å². The molecule has 1 aliphatic rings. The molecule has 3 aromatic carbocycles. The monoisotopic (exact) mass is 472 g/mol. The first-order valence-corrected chi connectivity index (χ1v) is 12.9. The van der Waals surface area contributed by atoms with Crippen LogP contribution in [0.5, 0.6) is 11.5 Å². The lowest BCUT2D eigenvalue weighted by Gasteiger charge is -2.35. The molecule has 1 aliphatic heterocycles. The molecule has 0 aliphatic carbocycles. The molecule has 0 bridgehead atoms. The van der Waals surface area contributed by atoms with Crippen molar-refractivity contribution in [1.82, 2.24) is 9.80 Å². The van der Waals surface area contributed by atoms with Gasteiger partial charge in [-0.25, -0.2) is 0 Å². The number of piperazine rings is 1. The number of benzene rings is 3.